The van der Waals surface area contributed by atoms with Crippen molar-refractivity contribution < 1.29 is 58.6 Å². The maximum atomic E-state index is 13.9. The van der Waals surface area contributed by atoms with Crippen molar-refractivity contribution in [3.63, 3.8) is 0 Å². The largest absolute Gasteiger partial charge is 0.447 e. The Hall–Kier alpha value is -6.81. The number of rotatable bonds is 8. The highest BCUT2D eigenvalue weighted by atomic mass is 32.1. The van der Waals surface area contributed by atoms with Crippen LogP contribution in [-0.2, 0) is 21.8 Å². The van der Waals surface area contributed by atoms with E-state index in [0.29, 0.717) is 36.7 Å². The van der Waals surface area contributed by atoms with Gasteiger partial charge in [-0.1, -0.05) is 7.43 Å². The normalized spacial score (nSPS) is 17.7. The van der Waals surface area contributed by atoms with Crippen LogP contribution in [0.3, 0.4) is 0 Å². The molecule has 3 N–H and O–H groups in total. The second-order valence-electron chi connectivity index (χ2n) is 15.6. The predicted octanol–water partition coefficient (Wildman–Crippen LogP) is 10.4. The zero-order valence-electron chi connectivity index (χ0n) is 36.8. The molecule has 2 saturated heterocycles. The highest BCUT2D eigenvalue weighted by molar-refractivity contribution is 7.24. The number of carbonyl (C=O) groups excluding carboxylic acids is 2. The number of nitrogens with one attached hydrogen (secondary N) is 1. The number of nitrogens with two attached hydrogens (primary N) is 1. The number of amides is 2. The molecule has 8 heterocycles. The number of carbonyl (C=O) groups is 2. The molecular formula is C43H41BF9N12O4S2. The number of hydrogen-bond donors (Lipinski definition) is 2. The van der Waals surface area contributed by atoms with E-state index in [1.165, 1.54) is 67.0 Å². The Balaban J connectivity index is 0.000000189. The highest BCUT2D eigenvalue weighted by Crippen LogP contribution is 2.38. The van der Waals surface area contributed by atoms with E-state index in [1.807, 2.05) is 0 Å². The first-order chi connectivity index (χ1) is 32.6. The van der Waals surface area contributed by atoms with Gasteiger partial charge in [0.1, 0.15) is 71.6 Å². The molecule has 3 radical (unpaired) electrons. The quantitative estimate of drug-likeness (QED) is 0.0836. The molecule has 2 aromatic carbocycles. The van der Waals surface area contributed by atoms with Gasteiger partial charge in [0, 0.05) is 26.8 Å². The summed E-state index contributed by atoms with van der Waals surface area (Å²) >= 11 is 2.47. The number of alkyl halides is 8. The molecule has 2 aliphatic rings. The van der Waals surface area contributed by atoms with Crippen LogP contribution in [0, 0.1) is 6.08 Å². The lowest BCUT2D eigenvalue weighted by atomic mass is 10.2. The van der Waals surface area contributed by atoms with Gasteiger partial charge in [0.25, 0.3) is 0 Å². The van der Waals surface area contributed by atoms with E-state index in [9.17, 15) is 49.1 Å². The smallest absolute Gasteiger partial charge is 0.416 e. The molecule has 2 aliphatic heterocycles. The average Bonchev–Trinajstić information content (AvgIpc) is 4.14. The van der Waals surface area contributed by atoms with E-state index < -0.39 is 72.2 Å². The second kappa shape index (κ2) is 20.9. The maximum absolute atomic E-state index is 13.9. The fourth-order valence-electron chi connectivity index (χ4n) is 7.36. The van der Waals surface area contributed by atoms with Crippen LogP contribution in [0.25, 0.3) is 30.1 Å². The van der Waals surface area contributed by atoms with Crippen LogP contribution in [-0.4, -0.2) is 96.9 Å². The topological polar surface area (TPSA) is 183 Å². The molecule has 6 aromatic heterocycles. The Morgan fingerprint density at radius 1 is 0.690 bits per heavy atom. The van der Waals surface area contributed by atoms with Crippen LogP contribution in [0.1, 0.15) is 69.7 Å². The van der Waals surface area contributed by atoms with Crippen LogP contribution in [0.5, 0.6) is 0 Å². The molecule has 2 fully saturated rings. The van der Waals surface area contributed by atoms with Gasteiger partial charge in [0.15, 0.2) is 0 Å². The van der Waals surface area contributed by atoms with Gasteiger partial charge in [0.2, 0.25) is 5.95 Å². The Labute approximate surface area is 407 Å². The number of thiazole rings is 2. The van der Waals surface area contributed by atoms with Gasteiger partial charge in [0.05, 0.1) is 49.0 Å². The van der Waals surface area contributed by atoms with E-state index in [-0.39, 0.29) is 52.7 Å². The second-order valence-corrected chi connectivity index (χ2v) is 17.7. The summed E-state index contributed by atoms with van der Waals surface area (Å²) in [6, 6.07) is 7.88. The monoisotopic (exact) mass is 1040 g/mol. The average molecular weight is 1040 g/mol. The molecule has 6 atom stereocenters. The minimum Gasteiger partial charge on any atom is -0.447 e. The molecule has 71 heavy (non-hydrogen) atoms. The van der Waals surface area contributed by atoms with E-state index in [4.69, 9.17) is 15.2 Å². The molecule has 375 valence electrons. The van der Waals surface area contributed by atoms with Crippen LogP contribution < -0.4 is 20.9 Å². The lowest BCUT2D eigenvalue weighted by Crippen LogP contribution is -2.39. The van der Waals surface area contributed by atoms with Gasteiger partial charge in [-0.05, 0) is 76.2 Å². The number of imidazole rings is 2. The number of halogens is 9. The van der Waals surface area contributed by atoms with Crippen molar-refractivity contribution >= 4 is 91.0 Å². The summed E-state index contributed by atoms with van der Waals surface area (Å²) in [6.45, 7) is 6.11. The number of ether oxygens (including phenoxy) is 2. The molecule has 8 aromatic rings. The number of aromatic nitrogens is 8. The van der Waals surface area contributed by atoms with Crippen molar-refractivity contribution in [3.8, 4) is 0 Å². The molecule has 0 bridgehead atoms. The first kappa shape index (κ1) is 53.5. The third-order valence-electron chi connectivity index (χ3n) is 10.8. The Morgan fingerprint density at radius 2 is 1.14 bits per heavy atom. The SMILES string of the molecule is C.C[C@H](F)[C@H]1COC(=O)N1c1ccnc(F)n1.C[C@H](N)c1ncn2c1sc1cc(C(F)(F)F)ccc12.C[C@H](Nc1nccc(N2C(=O)OC[C@@H]2[C@H](C)F)n1)c1ncn2c1sc1cc(C(F)(F)F)ccc12.[B]. The number of anilines is 3. The van der Waals surface area contributed by atoms with Crippen LogP contribution >= 0.6 is 22.7 Å². The van der Waals surface area contributed by atoms with E-state index in [1.54, 1.807) is 35.3 Å². The molecule has 0 unspecified atom stereocenters. The fraction of sp³-hybridized carbons (Fsp3) is 0.349. The fourth-order valence-corrected chi connectivity index (χ4v) is 9.85. The third kappa shape index (κ3) is 10.9. The van der Waals surface area contributed by atoms with Gasteiger partial charge < -0.3 is 20.5 Å². The molecule has 28 heteroatoms. The van der Waals surface area contributed by atoms with Gasteiger partial charge in [-0.15, -0.1) is 22.7 Å². The zero-order valence-corrected chi connectivity index (χ0v) is 38.4. The standard InChI is InChI=1S/C21H18F4N6O2S.C12H10F3N3S.C9H9F2N3O2.CH4.B/c1-10(22)14-8-33-20(32)31(14)16-5-6-26-19(29-16)28-11(2)17-18-30(9-27-17)13-4-3-12(21(23,24)25)7-15(13)34-18;1-6(16)10-11-18(5-17-10)8-3-2-7(12(13,14)15)4-9(8)19-11;1-5(10)6-4-16-9(15)14(6)7-2-3-12-8(11)13-7;;/h3-7,9-11,14H,8H2,1-2H3,(H,26,28,29);2-6H,16H2,1H3;2-3,5-6H,4H2,1H3;1H4;/t10-,11-,14+;6-;5-,6+;;/m000../s1. The first-order valence-corrected chi connectivity index (χ1v) is 22.2. The molecule has 0 spiro atoms. The van der Waals surface area contributed by atoms with Gasteiger partial charge in [-0.3, -0.25) is 18.6 Å². The number of hydrogen-bond acceptors (Lipinski definition) is 14. The molecule has 0 saturated carbocycles. The van der Waals surface area contributed by atoms with Crippen molar-refractivity contribution in [3.05, 3.63) is 102 Å². The molecule has 0 aliphatic carbocycles. The Kier molecular flexibility index (Phi) is 15.7. The molecular weight excluding hydrogens is 994 g/mol. The predicted molar refractivity (Wildman–Crippen MR) is 249 cm³/mol. The highest BCUT2D eigenvalue weighted by Gasteiger charge is 2.40. The minimum atomic E-state index is -4.42. The van der Waals surface area contributed by atoms with Crippen LogP contribution in [0.2, 0.25) is 0 Å². The minimum absolute atomic E-state index is 0. The van der Waals surface area contributed by atoms with Crippen molar-refractivity contribution in [2.45, 2.75) is 84.0 Å². The summed E-state index contributed by atoms with van der Waals surface area (Å²) in [5.41, 5.74) is 7.08. The third-order valence-corrected chi connectivity index (χ3v) is 13.1. The van der Waals surface area contributed by atoms with Crippen molar-refractivity contribution in [2.75, 3.05) is 28.3 Å². The molecule has 10 rings (SSSR count). The van der Waals surface area contributed by atoms with E-state index >= 15 is 0 Å². The first-order valence-electron chi connectivity index (χ1n) is 20.6. The number of benzene rings is 2. The molecule has 16 nitrogen and oxygen atoms in total. The summed E-state index contributed by atoms with van der Waals surface area (Å²) < 4.78 is 131. The zero-order chi connectivity index (χ0) is 49.7. The summed E-state index contributed by atoms with van der Waals surface area (Å²) in [4.78, 5) is 50.9. The molecule has 2 amide bonds. The van der Waals surface area contributed by atoms with Crippen molar-refractivity contribution in [1.29, 1.82) is 0 Å². The number of cyclic esters (lactones) is 2. The maximum Gasteiger partial charge on any atom is 0.416 e. The lowest BCUT2D eigenvalue weighted by molar-refractivity contribution is -0.138. The van der Waals surface area contributed by atoms with Crippen LogP contribution in [0.4, 0.5) is 66.7 Å². The summed E-state index contributed by atoms with van der Waals surface area (Å²) in [6.07, 6.45) is -8.00. The summed E-state index contributed by atoms with van der Waals surface area (Å²) in [5, 5.41) is 3.10. The van der Waals surface area contributed by atoms with Gasteiger partial charge in [-0.25, -0.2) is 38.3 Å². The van der Waals surface area contributed by atoms with Crippen molar-refractivity contribution in [2.24, 2.45) is 5.73 Å². The summed E-state index contributed by atoms with van der Waals surface area (Å²) in [5.74, 6) is 0.374. The summed E-state index contributed by atoms with van der Waals surface area (Å²) in [7, 11) is 0. The van der Waals surface area contributed by atoms with E-state index in [2.05, 4.69) is 35.2 Å². The van der Waals surface area contributed by atoms with Crippen LogP contribution in [0.15, 0.2) is 73.6 Å². The van der Waals surface area contributed by atoms with Gasteiger partial charge >= 0.3 is 30.6 Å². The van der Waals surface area contributed by atoms with E-state index in [0.717, 1.165) is 45.1 Å². The number of fused-ring (bicyclic) bond motifs is 6. The number of nitrogens with zero attached hydrogens (tertiary/aromatic N) is 10. The van der Waals surface area contributed by atoms with Gasteiger partial charge in [-0.2, -0.15) is 40.7 Å². The lowest BCUT2D eigenvalue weighted by Gasteiger charge is -2.22. The van der Waals surface area contributed by atoms with Crippen molar-refractivity contribution in [1.82, 2.24) is 38.7 Å². The Morgan fingerprint density at radius 3 is 1.59 bits per heavy atom. The Bertz CT molecular complexity index is 3180.